The Bertz CT molecular complexity index is 665. The smallest absolute Gasteiger partial charge is 0.265 e. The van der Waals surface area contributed by atoms with Crippen molar-refractivity contribution in [1.29, 1.82) is 0 Å². The molecule has 1 aromatic heterocycles. The molecule has 5 heteroatoms. The first-order valence-electron chi connectivity index (χ1n) is 5.80. The number of benzene rings is 1. The summed E-state index contributed by atoms with van der Waals surface area (Å²) in [5, 5.41) is 0. The molecule has 0 spiro atoms. The first-order chi connectivity index (χ1) is 9.01. The topological polar surface area (TPSA) is 57.2 Å². The number of hydrogen-bond acceptors (Lipinski definition) is 3. The van der Waals surface area contributed by atoms with E-state index in [1.54, 1.807) is 23.9 Å². The van der Waals surface area contributed by atoms with Gasteiger partial charge in [0, 0.05) is 17.4 Å². The van der Waals surface area contributed by atoms with E-state index in [9.17, 15) is 4.79 Å². The zero-order chi connectivity index (χ0) is 14.0. The van der Waals surface area contributed by atoms with Crippen LogP contribution in [0.15, 0.2) is 39.7 Å². The Morgan fingerprint density at radius 2 is 2.11 bits per heavy atom. The van der Waals surface area contributed by atoms with Gasteiger partial charge in [-0.05, 0) is 35.0 Å². The van der Waals surface area contributed by atoms with E-state index in [1.165, 1.54) is 0 Å². The van der Waals surface area contributed by atoms with Gasteiger partial charge in [0.25, 0.3) is 5.56 Å². The van der Waals surface area contributed by atoms with Gasteiger partial charge < -0.3 is 15.0 Å². The van der Waals surface area contributed by atoms with Crippen molar-refractivity contribution < 1.29 is 4.74 Å². The Morgan fingerprint density at radius 3 is 2.79 bits per heavy atom. The molecule has 1 aromatic carbocycles. The van der Waals surface area contributed by atoms with Crippen LogP contribution in [0.25, 0.3) is 0 Å². The van der Waals surface area contributed by atoms with Crippen molar-refractivity contribution in [2.75, 3.05) is 12.8 Å². The summed E-state index contributed by atoms with van der Waals surface area (Å²) >= 11 is 3.22. The zero-order valence-electron chi connectivity index (χ0n) is 10.8. The van der Waals surface area contributed by atoms with Gasteiger partial charge in [-0.15, -0.1) is 0 Å². The molecule has 0 atom stereocenters. The second-order valence-electron chi connectivity index (χ2n) is 4.37. The Balaban J connectivity index is 2.47. The number of hydrogen-bond donors (Lipinski definition) is 1. The molecule has 4 nitrogen and oxygen atoms in total. The Labute approximate surface area is 119 Å². The number of methoxy groups -OCH3 is 1. The van der Waals surface area contributed by atoms with Crippen molar-refractivity contribution >= 4 is 21.6 Å². The molecule has 0 radical (unpaired) electrons. The van der Waals surface area contributed by atoms with Crippen LogP contribution in [-0.2, 0) is 6.54 Å². The molecule has 0 aliphatic rings. The molecular formula is C14H15BrN2O2. The first-order valence-corrected chi connectivity index (χ1v) is 6.59. The van der Waals surface area contributed by atoms with E-state index < -0.39 is 0 Å². The number of aromatic nitrogens is 1. The van der Waals surface area contributed by atoms with E-state index in [4.69, 9.17) is 10.5 Å². The summed E-state index contributed by atoms with van der Waals surface area (Å²) in [6.07, 6.45) is 1.63. The van der Waals surface area contributed by atoms with Crippen LogP contribution >= 0.6 is 15.9 Å². The standard InChI is InChI=1S/C14H15BrN2O2/c1-9-3-4-13(19-2)10(5-9)7-17-8-11(16)6-12(15)14(17)18/h3-6,8H,7,16H2,1-2H3. The van der Waals surface area contributed by atoms with Gasteiger partial charge in [-0.1, -0.05) is 17.7 Å². The van der Waals surface area contributed by atoms with Crippen LogP contribution in [-0.4, -0.2) is 11.7 Å². The van der Waals surface area contributed by atoms with Crippen LogP contribution in [0.3, 0.4) is 0 Å². The SMILES string of the molecule is COc1ccc(C)cc1Cn1cc(N)cc(Br)c1=O. The van der Waals surface area contributed by atoms with Gasteiger partial charge in [0.15, 0.2) is 0 Å². The van der Waals surface area contributed by atoms with E-state index >= 15 is 0 Å². The molecule has 2 N–H and O–H groups in total. The number of nitrogens with zero attached hydrogens (tertiary/aromatic N) is 1. The quantitative estimate of drug-likeness (QED) is 0.944. The van der Waals surface area contributed by atoms with E-state index in [0.717, 1.165) is 16.9 Å². The minimum atomic E-state index is -0.113. The second kappa shape index (κ2) is 5.48. The Kier molecular flexibility index (Phi) is 3.95. The summed E-state index contributed by atoms with van der Waals surface area (Å²) in [6, 6.07) is 7.48. The highest BCUT2D eigenvalue weighted by atomic mass is 79.9. The predicted octanol–water partition coefficient (Wildman–Crippen LogP) is 2.56. The van der Waals surface area contributed by atoms with Crippen LogP contribution in [0.2, 0.25) is 0 Å². The van der Waals surface area contributed by atoms with Gasteiger partial charge in [0.2, 0.25) is 0 Å². The molecule has 2 aromatic rings. The third-order valence-corrected chi connectivity index (χ3v) is 3.41. The monoisotopic (exact) mass is 322 g/mol. The molecule has 1 heterocycles. The molecule has 19 heavy (non-hydrogen) atoms. The molecule has 0 aliphatic carbocycles. The van der Waals surface area contributed by atoms with Gasteiger partial charge in [-0.25, -0.2) is 0 Å². The number of rotatable bonds is 3. The van der Waals surface area contributed by atoms with Crippen molar-refractivity contribution in [3.8, 4) is 5.75 Å². The van der Waals surface area contributed by atoms with Crippen LogP contribution in [0.5, 0.6) is 5.75 Å². The molecular weight excluding hydrogens is 308 g/mol. The maximum atomic E-state index is 12.0. The van der Waals surface area contributed by atoms with Crippen LogP contribution < -0.4 is 16.0 Å². The number of aryl methyl sites for hydroxylation is 1. The molecule has 100 valence electrons. The van der Waals surface area contributed by atoms with Crippen molar-refractivity contribution in [2.24, 2.45) is 0 Å². The highest BCUT2D eigenvalue weighted by Crippen LogP contribution is 2.21. The minimum Gasteiger partial charge on any atom is -0.496 e. The van der Waals surface area contributed by atoms with E-state index in [1.807, 2.05) is 25.1 Å². The third-order valence-electron chi connectivity index (χ3n) is 2.84. The fraction of sp³-hybridized carbons (Fsp3) is 0.214. The van der Waals surface area contributed by atoms with E-state index in [-0.39, 0.29) is 5.56 Å². The largest absolute Gasteiger partial charge is 0.496 e. The van der Waals surface area contributed by atoms with Gasteiger partial charge in [-0.2, -0.15) is 0 Å². The average Bonchev–Trinajstić information content (AvgIpc) is 2.35. The summed E-state index contributed by atoms with van der Waals surface area (Å²) < 4.78 is 7.34. The lowest BCUT2D eigenvalue weighted by Gasteiger charge is -2.12. The summed E-state index contributed by atoms with van der Waals surface area (Å²) in [7, 11) is 1.62. The van der Waals surface area contributed by atoms with Gasteiger partial charge in [-0.3, -0.25) is 4.79 Å². The van der Waals surface area contributed by atoms with Crippen LogP contribution in [0, 0.1) is 6.92 Å². The predicted molar refractivity (Wildman–Crippen MR) is 79.6 cm³/mol. The maximum Gasteiger partial charge on any atom is 0.265 e. The Hall–Kier alpha value is -1.75. The van der Waals surface area contributed by atoms with Gasteiger partial charge in [0.05, 0.1) is 18.1 Å². The summed E-state index contributed by atoms with van der Waals surface area (Å²) in [5.74, 6) is 0.760. The van der Waals surface area contributed by atoms with Crippen LogP contribution in [0.1, 0.15) is 11.1 Å². The number of nitrogens with two attached hydrogens (primary N) is 1. The second-order valence-corrected chi connectivity index (χ2v) is 5.22. The summed E-state index contributed by atoms with van der Waals surface area (Å²) in [5.41, 5.74) is 8.25. The lowest BCUT2D eigenvalue weighted by atomic mass is 10.1. The van der Waals surface area contributed by atoms with Crippen molar-refractivity contribution in [2.45, 2.75) is 13.5 Å². The molecule has 0 saturated heterocycles. The van der Waals surface area contributed by atoms with Crippen molar-refractivity contribution in [3.63, 3.8) is 0 Å². The normalized spacial score (nSPS) is 10.5. The zero-order valence-corrected chi connectivity index (χ0v) is 12.4. The first kappa shape index (κ1) is 13.7. The molecule has 2 rings (SSSR count). The lowest BCUT2D eigenvalue weighted by molar-refractivity contribution is 0.408. The molecule has 0 aliphatic heterocycles. The highest BCUT2D eigenvalue weighted by Gasteiger charge is 2.08. The third kappa shape index (κ3) is 2.98. The number of pyridine rings is 1. The fourth-order valence-corrected chi connectivity index (χ4v) is 2.45. The fourth-order valence-electron chi connectivity index (χ4n) is 1.95. The Morgan fingerprint density at radius 1 is 1.37 bits per heavy atom. The number of anilines is 1. The number of nitrogen functional groups attached to an aromatic ring is 1. The van der Waals surface area contributed by atoms with Crippen molar-refractivity contribution in [1.82, 2.24) is 4.57 Å². The maximum absolute atomic E-state index is 12.0. The number of halogens is 1. The van der Waals surface area contributed by atoms with Gasteiger partial charge >= 0.3 is 0 Å². The minimum absolute atomic E-state index is 0.113. The molecule has 0 fully saturated rings. The highest BCUT2D eigenvalue weighted by molar-refractivity contribution is 9.10. The van der Waals surface area contributed by atoms with E-state index in [2.05, 4.69) is 15.9 Å². The van der Waals surface area contributed by atoms with Crippen LogP contribution in [0.4, 0.5) is 5.69 Å². The molecule has 0 bridgehead atoms. The molecule has 0 unspecified atom stereocenters. The summed E-state index contributed by atoms with van der Waals surface area (Å²) in [6.45, 7) is 2.42. The number of ether oxygens (including phenoxy) is 1. The van der Waals surface area contributed by atoms with Gasteiger partial charge in [0.1, 0.15) is 5.75 Å². The molecule has 0 amide bonds. The summed E-state index contributed by atoms with van der Waals surface area (Å²) in [4.78, 5) is 12.0. The average molecular weight is 323 g/mol. The van der Waals surface area contributed by atoms with Crippen molar-refractivity contribution in [3.05, 3.63) is 56.4 Å². The van der Waals surface area contributed by atoms with E-state index in [0.29, 0.717) is 16.7 Å². The lowest BCUT2D eigenvalue weighted by Crippen LogP contribution is -2.21. The molecule has 0 saturated carbocycles.